The van der Waals surface area contributed by atoms with E-state index in [1.807, 2.05) is 0 Å². The first-order chi connectivity index (χ1) is 6.47. The maximum absolute atomic E-state index is 11.5. The SMILES string of the molecule is CNS(=O)(=O)CC1(C)CCCCCC1. The first-order valence-electron chi connectivity index (χ1n) is 5.39. The lowest BCUT2D eigenvalue weighted by molar-refractivity contribution is 0.316. The molecule has 3 nitrogen and oxygen atoms in total. The second kappa shape index (κ2) is 4.62. The van der Waals surface area contributed by atoms with Gasteiger partial charge in [0.1, 0.15) is 0 Å². The van der Waals surface area contributed by atoms with Gasteiger partial charge in [0.2, 0.25) is 10.0 Å². The zero-order valence-corrected chi connectivity index (χ0v) is 9.99. The van der Waals surface area contributed by atoms with E-state index in [-0.39, 0.29) is 11.2 Å². The Morgan fingerprint density at radius 3 is 2.07 bits per heavy atom. The van der Waals surface area contributed by atoms with Crippen LogP contribution >= 0.6 is 0 Å². The summed E-state index contributed by atoms with van der Waals surface area (Å²) < 4.78 is 25.4. The Hall–Kier alpha value is -0.0900. The van der Waals surface area contributed by atoms with Gasteiger partial charge in [-0.3, -0.25) is 0 Å². The minimum Gasteiger partial charge on any atom is -0.218 e. The molecule has 0 aromatic carbocycles. The molecule has 0 saturated heterocycles. The highest BCUT2D eigenvalue weighted by Gasteiger charge is 2.30. The molecule has 1 fully saturated rings. The normalized spacial score (nSPS) is 23.0. The molecule has 0 heterocycles. The van der Waals surface area contributed by atoms with E-state index in [4.69, 9.17) is 0 Å². The average Bonchev–Trinajstić information content (AvgIpc) is 2.29. The second-order valence-electron chi connectivity index (χ2n) is 4.69. The van der Waals surface area contributed by atoms with Crippen molar-refractivity contribution in [3.05, 3.63) is 0 Å². The molecule has 84 valence electrons. The van der Waals surface area contributed by atoms with Crippen molar-refractivity contribution in [3.63, 3.8) is 0 Å². The Morgan fingerprint density at radius 2 is 1.64 bits per heavy atom. The first kappa shape index (κ1) is 12.0. The predicted molar refractivity (Wildman–Crippen MR) is 58.7 cm³/mol. The summed E-state index contributed by atoms with van der Waals surface area (Å²) in [5.41, 5.74) is -0.00164. The van der Waals surface area contributed by atoms with Crippen molar-refractivity contribution in [1.29, 1.82) is 0 Å². The summed E-state index contributed by atoms with van der Waals surface area (Å²) in [4.78, 5) is 0. The van der Waals surface area contributed by atoms with Gasteiger partial charge in [0.25, 0.3) is 0 Å². The Labute approximate surface area is 87.3 Å². The second-order valence-corrected chi connectivity index (χ2v) is 6.61. The lowest BCUT2D eigenvalue weighted by atomic mass is 9.85. The van der Waals surface area contributed by atoms with Crippen LogP contribution in [-0.4, -0.2) is 21.2 Å². The Balaban J connectivity index is 2.64. The number of hydrogen-bond acceptors (Lipinski definition) is 2. The fourth-order valence-corrected chi connectivity index (χ4v) is 3.61. The molecule has 1 aliphatic rings. The average molecular weight is 219 g/mol. The molecule has 14 heavy (non-hydrogen) atoms. The van der Waals surface area contributed by atoms with E-state index in [1.165, 1.54) is 32.7 Å². The smallest absolute Gasteiger partial charge is 0.211 e. The van der Waals surface area contributed by atoms with Crippen molar-refractivity contribution in [3.8, 4) is 0 Å². The van der Waals surface area contributed by atoms with Crippen LogP contribution in [0.25, 0.3) is 0 Å². The fraction of sp³-hybridized carbons (Fsp3) is 1.00. The number of rotatable bonds is 3. The minimum absolute atomic E-state index is 0.00164. The summed E-state index contributed by atoms with van der Waals surface area (Å²) in [7, 11) is -1.55. The monoisotopic (exact) mass is 219 g/mol. The molecule has 0 spiro atoms. The summed E-state index contributed by atoms with van der Waals surface area (Å²) in [5, 5.41) is 0. The number of sulfonamides is 1. The molecular weight excluding hydrogens is 198 g/mol. The summed E-state index contributed by atoms with van der Waals surface area (Å²) in [6.45, 7) is 2.10. The van der Waals surface area contributed by atoms with Crippen LogP contribution in [0, 0.1) is 5.41 Å². The van der Waals surface area contributed by atoms with Crippen LogP contribution in [0.1, 0.15) is 45.4 Å². The van der Waals surface area contributed by atoms with Crippen LogP contribution < -0.4 is 4.72 Å². The highest BCUT2D eigenvalue weighted by molar-refractivity contribution is 7.89. The molecule has 0 amide bonds. The van der Waals surface area contributed by atoms with E-state index in [0.29, 0.717) is 0 Å². The number of nitrogens with one attached hydrogen (secondary N) is 1. The lowest BCUT2D eigenvalue weighted by Crippen LogP contribution is -2.33. The van der Waals surface area contributed by atoms with E-state index in [1.54, 1.807) is 0 Å². The predicted octanol–water partition coefficient (Wildman–Crippen LogP) is 1.90. The third-order valence-corrected chi connectivity index (χ3v) is 4.86. The zero-order chi connectivity index (χ0) is 10.7. The van der Waals surface area contributed by atoms with E-state index in [0.717, 1.165) is 12.8 Å². The molecule has 4 heteroatoms. The summed E-state index contributed by atoms with van der Waals surface area (Å²) in [6, 6.07) is 0. The van der Waals surface area contributed by atoms with Crippen molar-refractivity contribution in [2.45, 2.75) is 45.4 Å². The van der Waals surface area contributed by atoms with Gasteiger partial charge in [0, 0.05) is 0 Å². The van der Waals surface area contributed by atoms with Crippen molar-refractivity contribution >= 4 is 10.0 Å². The molecule has 1 saturated carbocycles. The fourth-order valence-electron chi connectivity index (χ4n) is 2.26. The van der Waals surface area contributed by atoms with E-state index in [2.05, 4.69) is 11.6 Å². The number of hydrogen-bond donors (Lipinski definition) is 1. The molecule has 0 aliphatic heterocycles. The van der Waals surface area contributed by atoms with Gasteiger partial charge in [-0.1, -0.05) is 32.6 Å². The summed E-state index contributed by atoms with van der Waals surface area (Å²) >= 11 is 0. The van der Waals surface area contributed by atoms with Gasteiger partial charge in [0.05, 0.1) is 5.75 Å². The standard InChI is InChI=1S/C10H21NO2S/c1-10(9-14(12,13)11-2)7-5-3-4-6-8-10/h11H,3-9H2,1-2H3. The van der Waals surface area contributed by atoms with Gasteiger partial charge in [-0.05, 0) is 25.3 Å². The quantitative estimate of drug-likeness (QED) is 0.737. The highest BCUT2D eigenvalue weighted by Crippen LogP contribution is 2.35. The van der Waals surface area contributed by atoms with Crippen LogP contribution in [0.5, 0.6) is 0 Å². The van der Waals surface area contributed by atoms with Gasteiger partial charge in [-0.25, -0.2) is 13.1 Å². The molecule has 0 radical (unpaired) electrons. The van der Waals surface area contributed by atoms with E-state index >= 15 is 0 Å². The summed E-state index contributed by atoms with van der Waals surface area (Å²) in [6.07, 6.45) is 6.97. The van der Waals surface area contributed by atoms with Crippen molar-refractivity contribution in [2.24, 2.45) is 5.41 Å². The van der Waals surface area contributed by atoms with Gasteiger partial charge < -0.3 is 0 Å². The molecule has 0 aromatic rings. The van der Waals surface area contributed by atoms with Crippen molar-refractivity contribution in [2.75, 3.05) is 12.8 Å². The maximum Gasteiger partial charge on any atom is 0.211 e. The highest BCUT2D eigenvalue weighted by atomic mass is 32.2. The maximum atomic E-state index is 11.5. The molecular formula is C10H21NO2S. The minimum atomic E-state index is -3.04. The largest absolute Gasteiger partial charge is 0.218 e. The Morgan fingerprint density at radius 1 is 1.14 bits per heavy atom. The molecule has 1 aliphatic carbocycles. The summed E-state index contributed by atoms with van der Waals surface area (Å²) in [5.74, 6) is 0.288. The van der Waals surface area contributed by atoms with Crippen LogP contribution in [0.4, 0.5) is 0 Å². The van der Waals surface area contributed by atoms with E-state index < -0.39 is 10.0 Å². The van der Waals surface area contributed by atoms with Gasteiger partial charge in [-0.2, -0.15) is 0 Å². The topological polar surface area (TPSA) is 46.2 Å². The van der Waals surface area contributed by atoms with Crippen LogP contribution in [0.2, 0.25) is 0 Å². The molecule has 1 rings (SSSR count). The van der Waals surface area contributed by atoms with Crippen LogP contribution in [0.15, 0.2) is 0 Å². The lowest BCUT2D eigenvalue weighted by Gasteiger charge is -2.27. The van der Waals surface area contributed by atoms with Gasteiger partial charge in [-0.15, -0.1) is 0 Å². The third kappa shape index (κ3) is 3.58. The van der Waals surface area contributed by atoms with Gasteiger partial charge >= 0.3 is 0 Å². The Kier molecular flexibility index (Phi) is 3.95. The Bertz CT molecular complexity index is 264. The van der Waals surface area contributed by atoms with Crippen LogP contribution in [0.3, 0.4) is 0 Å². The first-order valence-corrected chi connectivity index (χ1v) is 7.04. The molecule has 0 atom stereocenters. The van der Waals surface area contributed by atoms with Gasteiger partial charge in [0.15, 0.2) is 0 Å². The van der Waals surface area contributed by atoms with Crippen LogP contribution in [-0.2, 0) is 10.0 Å². The molecule has 0 unspecified atom stereocenters. The van der Waals surface area contributed by atoms with E-state index in [9.17, 15) is 8.42 Å². The van der Waals surface area contributed by atoms with Crippen molar-refractivity contribution in [1.82, 2.24) is 4.72 Å². The third-order valence-electron chi connectivity index (χ3n) is 3.16. The van der Waals surface area contributed by atoms with Crippen molar-refractivity contribution < 1.29 is 8.42 Å². The molecule has 0 aromatic heterocycles. The molecule has 1 N–H and O–H groups in total. The zero-order valence-electron chi connectivity index (χ0n) is 9.17. The molecule has 0 bridgehead atoms.